The van der Waals surface area contributed by atoms with E-state index in [1.807, 2.05) is 12.1 Å². The Labute approximate surface area is 185 Å². The van der Waals surface area contributed by atoms with Crippen molar-refractivity contribution in [2.24, 2.45) is 0 Å². The van der Waals surface area contributed by atoms with Gasteiger partial charge in [0.1, 0.15) is 6.10 Å². The molecule has 0 saturated carbocycles. The molecular weight excluding hydrogens is 391 g/mol. The molecule has 0 unspecified atom stereocenters. The lowest BCUT2D eigenvalue weighted by Crippen LogP contribution is -2.50. The minimum absolute atomic E-state index is 0.0828. The maximum atomic E-state index is 13.8. The Balaban J connectivity index is 1.15. The summed E-state index contributed by atoms with van der Waals surface area (Å²) in [7, 11) is 0. The summed E-state index contributed by atoms with van der Waals surface area (Å²) in [6.45, 7) is 3.69. The first-order chi connectivity index (χ1) is 15.2. The molecule has 0 aromatic heterocycles. The largest absolute Gasteiger partial charge is 0.487 e. The summed E-state index contributed by atoms with van der Waals surface area (Å²) in [5, 5.41) is 0. The van der Waals surface area contributed by atoms with Gasteiger partial charge in [-0.15, -0.1) is 0 Å². The van der Waals surface area contributed by atoms with Crippen LogP contribution in [0.25, 0.3) is 0 Å². The highest BCUT2D eigenvalue weighted by Crippen LogP contribution is 2.25. The van der Waals surface area contributed by atoms with Gasteiger partial charge in [-0.2, -0.15) is 0 Å². The van der Waals surface area contributed by atoms with Gasteiger partial charge in [0, 0.05) is 38.6 Å². The molecule has 2 saturated heterocycles. The zero-order chi connectivity index (χ0) is 21.5. The summed E-state index contributed by atoms with van der Waals surface area (Å²) >= 11 is 0. The summed E-state index contributed by atoms with van der Waals surface area (Å²) < 4.78 is 19.7. The van der Waals surface area contributed by atoms with Gasteiger partial charge in [0.05, 0.1) is 0 Å². The molecule has 0 N–H and O–H groups in total. The number of hydrogen-bond donors (Lipinski definition) is 0. The van der Waals surface area contributed by atoms with E-state index in [4.69, 9.17) is 4.74 Å². The van der Waals surface area contributed by atoms with E-state index in [0.717, 1.165) is 64.7 Å². The van der Waals surface area contributed by atoms with Crippen molar-refractivity contribution in [2.45, 2.75) is 57.1 Å². The van der Waals surface area contributed by atoms with Crippen LogP contribution in [0.3, 0.4) is 0 Å². The number of benzene rings is 2. The number of carbonyl (C=O) groups is 1. The van der Waals surface area contributed by atoms with Crippen LogP contribution in [-0.4, -0.2) is 54.0 Å². The third-order valence-corrected chi connectivity index (χ3v) is 6.64. The third kappa shape index (κ3) is 6.07. The Morgan fingerprint density at radius 3 is 2.29 bits per heavy atom. The monoisotopic (exact) mass is 424 g/mol. The molecular formula is C26H33FN2O2. The first-order valence-corrected chi connectivity index (χ1v) is 11.7. The number of halogens is 1. The molecule has 1 amide bonds. The molecule has 166 valence electrons. The van der Waals surface area contributed by atoms with Gasteiger partial charge in [0.15, 0.2) is 11.6 Å². The van der Waals surface area contributed by atoms with E-state index >= 15 is 0 Å². The van der Waals surface area contributed by atoms with Crippen molar-refractivity contribution >= 4 is 5.91 Å². The van der Waals surface area contributed by atoms with Gasteiger partial charge < -0.3 is 9.64 Å². The van der Waals surface area contributed by atoms with Crippen molar-refractivity contribution in [3.8, 4) is 5.75 Å². The second kappa shape index (κ2) is 10.8. The van der Waals surface area contributed by atoms with Crippen LogP contribution in [0, 0.1) is 5.82 Å². The summed E-state index contributed by atoms with van der Waals surface area (Å²) in [5.41, 5.74) is 1.30. The van der Waals surface area contributed by atoms with Crippen molar-refractivity contribution in [2.75, 3.05) is 26.2 Å². The zero-order valence-corrected chi connectivity index (χ0v) is 18.2. The highest BCUT2D eigenvalue weighted by molar-refractivity contribution is 5.76. The topological polar surface area (TPSA) is 32.8 Å². The van der Waals surface area contributed by atoms with Crippen molar-refractivity contribution in [1.29, 1.82) is 0 Å². The Morgan fingerprint density at radius 2 is 1.58 bits per heavy atom. The maximum absolute atomic E-state index is 13.8. The normalized spacial score (nSPS) is 18.8. The van der Waals surface area contributed by atoms with E-state index in [9.17, 15) is 9.18 Å². The number of para-hydroxylation sites is 1. The number of ether oxygens (including phenoxy) is 1. The molecule has 31 heavy (non-hydrogen) atoms. The lowest BCUT2D eigenvalue weighted by Gasteiger charge is -2.41. The van der Waals surface area contributed by atoms with Crippen LogP contribution in [0.2, 0.25) is 0 Å². The smallest absolute Gasteiger partial charge is 0.222 e. The summed E-state index contributed by atoms with van der Waals surface area (Å²) in [6, 6.07) is 17.6. The number of rotatable bonds is 7. The number of aryl methyl sites for hydroxylation is 1. The Kier molecular flexibility index (Phi) is 7.57. The lowest BCUT2D eigenvalue weighted by atomic mass is 9.98. The minimum atomic E-state index is -0.286. The molecule has 0 aliphatic carbocycles. The number of likely N-dealkylation sites (tertiary alicyclic amines) is 2. The highest BCUT2D eigenvalue weighted by atomic mass is 19.1. The quantitative estimate of drug-likeness (QED) is 0.647. The van der Waals surface area contributed by atoms with Crippen LogP contribution >= 0.6 is 0 Å². The number of nitrogens with zero attached hydrogens (tertiary/aromatic N) is 2. The van der Waals surface area contributed by atoms with Crippen LogP contribution in [0.15, 0.2) is 54.6 Å². The molecule has 2 aromatic carbocycles. The molecule has 4 nitrogen and oxygen atoms in total. The van der Waals surface area contributed by atoms with Crippen molar-refractivity contribution in [3.63, 3.8) is 0 Å². The molecule has 0 atom stereocenters. The van der Waals surface area contributed by atoms with Gasteiger partial charge in [0.25, 0.3) is 0 Å². The van der Waals surface area contributed by atoms with E-state index in [0.29, 0.717) is 24.1 Å². The van der Waals surface area contributed by atoms with Crippen LogP contribution < -0.4 is 4.74 Å². The van der Waals surface area contributed by atoms with Crippen LogP contribution in [0.1, 0.15) is 44.1 Å². The molecule has 2 heterocycles. The Bertz CT molecular complexity index is 828. The molecule has 0 radical (unpaired) electrons. The summed E-state index contributed by atoms with van der Waals surface area (Å²) in [5.74, 6) is 0.372. The maximum Gasteiger partial charge on any atom is 0.222 e. The van der Waals surface area contributed by atoms with Crippen LogP contribution in [0.5, 0.6) is 5.75 Å². The van der Waals surface area contributed by atoms with Crippen LogP contribution in [0.4, 0.5) is 4.39 Å². The van der Waals surface area contributed by atoms with Crippen LogP contribution in [-0.2, 0) is 11.2 Å². The van der Waals surface area contributed by atoms with Crippen molar-refractivity contribution in [3.05, 3.63) is 66.0 Å². The molecule has 5 heteroatoms. The van der Waals surface area contributed by atoms with Gasteiger partial charge in [-0.05, 0) is 56.2 Å². The second-order valence-electron chi connectivity index (χ2n) is 8.73. The standard InChI is InChI=1S/C26H33FN2O2/c27-24-10-4-5-11-25(24)31-23-15-19-28(20-16-23)22-13-17-29(18-14-22)26(30)12-6-9-21-7-2-1-3-8-21/h1-5,7-8,10-11,22-23H,6,9,12-20H2. The fourth-order valence-corrected chi connectivity index (χ4v) is 4.81. The molecule has 2 fully saturated rings. The predicted octanol–water partition coefficient (Wildman–Crippen LogP) is 4.68. The number of hydrogen-bond acceptors (Lipinski definition) is 3. The van der Waals surface area contributed by atoms with Gasteiger partial charge in [-0.3, -0.25) is 9.69 Å². The number of carbonyl (C=O) groups excluding carboxylic acids is 1. The first kappa shape index (κ1) is 21.8. The van der Waals surface area contributed by atoms with E-state index in [1.54, 1.807) is 12.1 Å². The molecule has 0 bridgehead atoms. The zero-order valence-electron chi connectivity index (χ0n) is 18.2. The average Bonchev–Trinajstić information content (AvgIpc) is 2.82. The molecule has 0 spiro atoms. The Morgan fingerprint density at radius 1 is 0.903 bits per heavy atom. The predicted molar refractivity (Wildman–Crippen MR) is 121 cm³/mol. The number of piperidine rings is 2. The van der Waals surface area contributed by atoms with Gasteiger partial charge in [-0.1, -0.05) is 42.5 Å². The minimum Gasteiger partial charge on any atom is -0.487 e. The highest BCUT2D eigenvalue weighted by Gasteiger charge is 2.30. The van der Waals surface area contributed by atoms with Crippen molar-refractivity contribution in [1.82, 2.24) is 9.80 Å². The fraction of sp³-hybridized carbons (Fsp3) is 0.500. The Hall–Kier alpha value is -2.40. The lowest BCUT2D eigenvalue weighted by molar-refractivity contribution is -0.133. The molecule has 2 aliphatic rings. The van der Waals surface area contributed by atoms with Gasteiger partial charge in [0.2, 0.25) is 5.91 Å². The van der Waals surface area contributed by atoms with E-state index in [1.165, 1.54) is 11.6 Å². The van der Waals surface area contributed by atoms with Gasteiger partial charge in [-0.25, -0.2) is 4.39 Å². The molecule has 2 aromatic rings. The van der Waals surface area contributed by atoms with E-state index in [2.05, 4.69) is 34.1 Å². The van der Waals surface area contributed by atoms with Gasteiger partial charge >= 0.3 is 0 Å². The fourth-order valence-electron chi connectivity index (χ4n) is 4.81. The SMILES string of the molecule is O=C(CCCc1ccccc1)N1CCC(N2CCC(Oc3ccccc3F)CC2)CC1. The number of amides is 1. The second-order valence-corrected chi connectivity index (χ2v) is 8.73. The average molecular weight is 425 g/mol. The molecule has 2 aliphatic heterocycles. The summed E-state index contributed by atoms with van der Waals surface area (Å²) in [4.78, 5) is 17.2. The van der Waals surface area contributed by atoms with Crippen molar-refractivity contribution < 1.29 is 13.9 Å². The molecule has 4 rings (SSSR count). The summed E-state index contributed by atoms with van der Waals surface area (Å²) in [6.07, 6.45) is 6.54. The van der Waals surface area contributed by atoms with E-state index < -0.39 is 0 Å². The first-order valence-electron chi connectivity index (χ1n) is 11.7. The third-order valence-electron chi connectivity index (χ3n) is 6.64. The van der Waals surface area contributed by atoms with E-state index in [-0.39, 0.29) is 11.9 Å².